The fourth-order valence-electron chi connectivity index (χ4n) is 1.84. The fourth-order valence-corrected chi connectivity index (χ4v) is 1.84. The Morgan fingerprint density at radius 1 is 1.45 bits per heavy atom. The maximum atomic E-state index is 12.0. The van der Waals surface area contributed by atoms with Crippen LogP contribution in [0.5, 0.6) is 0 Å². The van der Waals surface area contributed by atoms with Crippen molar-refractivity contribution in [3.63, 3.8) is 0 Å². The van der Waals surface area contributed by atoms with E-state index in [1.807, 2.05) is 4.98 Å². The van der Waals surface area contributed by atoms with Crippen molar-refractivity contribution >= 4 is 11.9 Å². The van der Waals surface area contributed by atoms with Crippen LogP contribution in [0, 0.1) is 0 Å². The van der Waals surface area contributed by atoms with Crippen LogP contribution in [0.2, 0.25) is 0 Å². The molecule has 2 heterocycles. The van der Waals surface area contributed by atoms with Crippen molar-refractivity contribution in [1.82, 2.24) is 14.5 Å². The smallest absolute Gasteiger partial charge is 0.334 e. The number of hydrogen-bond donors (Lipinski definition) is 2. The Labute approximate surface area is 112 Å². The molecule has 1 unspecified atom stereocenters. The molecule has 1 aliphatic rings. The lowest BCUT2D eigenvalue weighted by Crippen LogP contribution is -2.50. The molecule has 0 aliphatic carbocycles. The van der Waals surface area contributed by atoms with Crippen molar-refractivity contribution in [2.45, 2.75) is 12.6 Å². The third kappa shape index (κ3) is 3.12. The van der Waals surface area contributed by atoms with Gasteiger partial charge in [-0.25, -0.2) is 9.59 Å². The summed E-state index contributed by atoms with van der Waals surface area (Å²) in [4.78, 5) is 48.5. The van der Waals surface area contributed by atoms with Crippen LogP contribution in [0.1, 0.15) is 0 Å². The average Bonchev–Trinajstić information content (AvgIpc) is 2.42. The molecule has 9 nitrogen and oxygen atoms in total. The molecule has 20 heavy (non-hydrogen) atoms. The predicted molar refractivity (Wildman–Crippen MR) is 65.3 cm³/mol. The SMILES string of the molecule is O=C(O)C1CN(C(=O)Cn2ccc(=O)[nH]c2=O)CCO1. The predicted octanol–water partition coefficient (Wildman–Crippen LogP) is -2.15. The number of morpholine rings is 1. The highest BCUT2D eigenvalue weighted by Gasteiger charge is 2.28. The van der Waals surface area contributed by atoms with Gasteiger partial charge in [0, 0.05) is 18.8 Å². The minimum atomic E-state index is -1.14. The minimum Gasteiger partial charge on any atom is -0.479 e. The lowest BCUT2D eigenvalue weighted by molar-refractivity contribution is -0.159. The third-order valence-electron chi connectivity index (χ3n) is 2.90. The zero-order chi connectivity index (χ0) is 14.7. The number of carbonyl (C=O) groups is 2. The van der Waals surface area contributed by atoms with E-state index < -0.39 is 29.2 Å². The van der Waals surface area contributed by atoms with Crippen molar-refractivity contribution in [3.8, 4) is 0 Å². The number of carboxylic acid groups (broad SMARTS) is 1. The molecule has 0 bridgehead atoms. The molecule has 9 heteroatoms. The molecule has 1 amide bonds. The van der Waals surface area contributed by atoms with E-state index in [1.54, 1.807) is 0 Å². The van der Waals surface area contributed by atoms with Crippen LogP contribution < -0.4 is 11.2 Å². The van der Waals surface area contributed by atoms with Crippen LogP contribution in [-0.2, 0) is 20.9 Å². The van der Waals surface area contributed by atoms with Gasteiger partial charge in [-0.05, 0) is 0 Å². The first-order valence-electron chi connectivity index (χ1n) is 5.89. The van der Waals surface area contributed by atoms with Gasteiger partial charge in [0.15, 0.2) is 6.10 Å². The molecule has 1 aromatic heterocycles. The zero-order valence-electron chi connectivity index (χ0n) is 10.4. The number of amides is 1. The summed E-state index contributed by atoms with van der Waals surface area (Å²) in [5, 5.41) is 8.84. The van der Waals surface area contributed by atoms with E-state index in [2.05, 4.69) is 0 Å². The van der Waals surface area contributed by atoms with Crippen LogP contribution in [0.15, 0.2) is 21.9 Å². The summed E-state index contributed by atoms with van der Waals surface area (Å²) in [5.41, 5.74) is -1.23. The average molecular weight is 283 g/mol. The Bertz CT molecular complexity index is 634. The van der Waals surface area contributed by atoms with Gasteiger partial charge in [0.1, 0.15) is 6.54 Å². The summed E-state index contributed by atoms with van der Waals surface area (Å²) in [6, 6.07) is 1.13. The molecule has 0 aromatic carbocycles. The lowest BCUT2D eigenvalue weighted by Gasteiger charge is -2.30. The molecular formula is C11H13N3O6. The van der Waals surface area contributed by atoms with Crippen molar-refractivity contribution in [1.29, 1.82) is 0 Å². The molecular weight excluding hydrogens is 270 g/mol. The highest BCUT2D eigenvalue weighted by molar-refractivity contribution is 5.78. The number of aliphatic carboxylic acids is 1. The molecule has 0 spiro atoms. The highest BCUT2D eigenvalue weighted by atomic mass is 16.5. The van der Waals surface area contributed by atoms with Crippen LogP contribution in [0.4, 0.5) is 0 Å². The van der Waals surface area contributed by atoms with E-state index in [0.717, 1.165) is 10.6 Å². The fraction of sp³-hybridized carbons (Fsp3) is 0.455. The van der Waals surface area contributed by atoms with Crippen LogP contribution in [-0.4, -0.2) is 57.2 Å². The molecule has 1 fully saturated rings. The number of carbonyl (C=O) groups excluding carboxylic acids is 1. The molecule has 108 valence electrons. The van der Waals surface area contributed by atoms with E-state index in [0.29, 0.717) is 0 Å². The first-order chi connectivity index (χ1) is 9.47. The largest absolute Gasteiger partial charge is 0.479 e. The summed E-state index contributed by atoms with van der Waals surface area (Å²) in [6.45, 7) is 0.0676. The Morgan fingerprint density at radius 2 is 2.20 bits per heavy atom. The van der Waals surface area contributed by atoms with Gasteiger partial charge in [0.05, 0.1) is 13.2 Å². The summed E-state index contributed by atoms with van der Waals surface area (Å²) < 4.78 is 6.05. The van der Waals surface area contributed by atoms with Gasteiger partial charge >= 0.3 is 11.7 Å². The summed E-state index contributed by atoms with van der Waals surface area (Å²) in [5.74, 6) is -1.54. The van der Waals surface area contributed by atoms with Crippen molar-refractivity contribution in [3.05, 3.63) is 33.1 Å². The second kappa shape index (κ2) is 5.70. The molecule has 1 aromatic rings. The molecule has 1 saturated heterocycles. The number of nitrogens with one attached hydrogen (secondary N) is 1. The molecule has 0 radical (unpaired) electrons. The van der Waals surface area contributed by atoms with Gasteiger partial charge in [-0.3, -0.25) is 19.1 Å². The number of nitrogens with zero attached hydrogens (tertiary/aromatic N) is 2. The normalized spacial score (nSPS) is 18.8. The molecule has 1 atom stereocenters. The molecule has 2 N–H and O–H groups in total. The Hall–Kier alpha value is -2.42. The third-order valence-corrected chi connectivity index (χ3v) is 2.90. The number of aromatic amines is 1. The summed E-state index contributed by atoms with van der Waals surface area (Å²) in [6.07, 6.45) is 0.161. The second-order valence-electron chi connectivity index (χ2n) is 4.28. The van der Waals surface area contributed by atoms with Crippen LogP contribution >= 0.6 is 0 Å². The Kier molecular flexibility index (Phi) is 3.99. The van der Waals surface area contributed by atoms with Gasteiger partial charge in [0.2, 0.25) is 5.91 Å². The number of hydrogen-bond acceptors (Lipinski definition) is 5. The van der Waals surface area contributed by atoms with Gasteiger partial charge in [-0.1, -0.05) is 0 Å². The van der Waals surface area contributed by atoms with E-state index in [4.69, 9.17) is 9.84 Å². The van der Waals surface area contributed by atoms with Gasteiger partial charge in [-0.15, -0.1) is 0 Å². The first kappa shape index (κ1) is 14.0. The number of H-pyrrole nitrogens is 1. The number of carboxylic acids is 1. The number of aromatic nitrogens is 2. The van der Waals surface area contributed by atoms with Crippen LogP contribution in [0.25, 0.3) is 0 Å². The monoisotopic (exact) mass is 283 g/mol. The molecule has 0 saturated carbocycles. The zero-order valence-corrected chi connectivity index (χ0v) is 10.4. The summed E-state index contributed by atoms with van der Waals surface area (Å²) >= 11 is 0. The summed E-state index contributed by atoms with van der Waals surface area (Å²) in [7, 11) is 0. The molecule has 1 aliphatic heterocycles. The van der Waals surface area contributed by atoms with Crippen LogP contribution in [0.3, 0.4) is 0 Å². The van der Waals surface area contributed by atoms with E-state index >= 15 is 0 Å². The Morgan fingerprint density at radius 3 is 2.85 bits per heavy atom. The highest BCUT2D eigenvalue weighted by Crippen LogP contribution is 2.06. The standard InChI is InChI=1S/C11H13N3O6/c15-8-1-2-14(11(19)12-8)6-9(16)13-3-4-20-7(5-13)10(17)18/h1-2,7H,3-6H2,(H,17,18)(H,12,15,19). The second-order valence-corrected chi connectivity index (χ2v) is 4.28. The van der Waals surface area contributed by atoms with E-state index in [9.17, 15) is 19.2 Å². The topological polar surface area (TPSA) is 122 Å². The minimum absolute atomic E-state index is 0.0632. The van der Waals surface area contributed by atoms with Crippen molar-refractivity contribution in [2.75, 3.05) is 19.7 Å². The van der Waals surface area contributed by atoms with E-state index in [-0.39, 0.29) is 26.2 Å². The van der Waals surface area contributed by atoms with Gasteiger partial charge in [0.25, 0.3) is 5.56 Å². The van der Waals surface area contributed by atoms with Crippen molar-refractivity contribution < 1.29 is 19.4 Å². The lowest BCUT2D eigenvalue weighted by atomic mass is 10.2. The van der Waals surface area contributed by atoms with Gasteiger partial charge < -0.3 is 14.7 Å². The molecule has 2 rings (SSSR count). The number of ether oxygens (including phenoxy) is 1. The first-order valence-corrected chi connectivity index (χ1v) is 5.89. The number of rotatable bonds is 3. The Balaban J connectivity index is 2.06. The maximum Gasteiger partial charge on any atom is 0.334 e. The maximum absolute atomic E-state index is 12.0. The van der Waals surface area contributed by atoms with Gasteiger partial charge in [-0.2, -0.15) is 0 Å². The van der Waals surface area contributed by atoms with Crippen molar-refractivity contribution in [2.24, 2.45) is 0 Å². The quantitative estimate of drug-likeness (QED) is 0.652. The van der Waals surface area contributed by atoms with E-state index in [1.165, 1.54) is 11.1 Å².